The van der Waals surface area contributed by atoms with Gasteiger partial charge in [0.05, 0.1) is 6.42 Å². The van der Waals surface area contributed by atoms with Gasteiger partial charge in [0.1, 0.15) is 5.78 Å². The van der Waals surface area contributed by atoms with Crippen molar-refractivity contribution in [2.45, 2.75) is 26.2 Å². The molecule has 100 valence electrons. The van der Waals surface area contributed by atoms with Gasteiger partial charge in [0, 0.05) is 17.3 Å². The number of rotatable bonds is 5. The smallest absolute Gasteiger partial charge is 0.231 e. The average Bonchev–Trinajstić information content (AvgIpc) is 3.11. The lowest BCUT2D eigenvalue weighted by Crippen LogP contribution is -2.16. The van der Waals surface area contributed by atoms with Crippen LogP contribution < -0.4 is 10.6 Å². The molecular formula is C14H16N2O3. The van der Waals surface area contributed by atoms with Crippen LogP contribution in [0.2, 0.25) is 0 Å². The fourth-order valence-electron chi connectivity index (χ4n) is 1.70. The number of benzene rings is 1. The Morgan fingerprint density at radius 1 is 1.16 bits per heavy atom. The molecule has 2 amide bonds. The molecule has 5 nitrogen and oxygen atoms in total. The monoisotopic (exact) mass is 260 g/mol. The molecule has 1 saturated carbocycles. The van der Waals surface area contributed by atoms with Crippen molar-refractivity contribution in [2.24, 2.45) is 5.92 Å². The van der Waals surface area contributed by atoms with Gasteiger partial charge in [-0.25, -0.2) is 0 Å². The van der Waals surface area contributed by atoms with Crippen molar-refractivity contribution < 1.29 is 14.4 Å². The summed E-state index contributed by atoms with van der Waals surface area (Å²) in [4.78, 5) is 33.9. The summed E-state index contributed by atoms with van der Waals surface area (Å²) in [6.07, 6.45) is 1.75. The summed E-state index contributed by atoms with van der Waals surface area (Å²) >= 11 is 0. The Balaban J connectivity index is 1.96. The molecule has 0 aromatic heterocycles. The minimum atomic E-state index is -0.349. The number of ketones is 1. The molecule has 0 spiro atoms. The second-order valence-electron chi connectivity index (χ2n) is 4.77. The lowest BCUT2D eigenvalue weighted by molar-refractivity contribution is -0.124. The zero-order valence-corrected chi connectivity index (χ0v) is 10.7. The summed E-state index contributed by atoms with van der Waals surface area (Å²) < 4.78 is 0. The van der Waals surface area contributed by atoms with E-state index in [1.54, 1.807) is 24.3 Å². The van der Waals surface area contributed by atoms with Gasteiger partial charge in [-0.15, -0.1) is 0 Å². The highest BCUT2D eigenvalue weighted by molar-refractivity contribution is 6.04. The first-order chi connectivity index (χ1) is 9.04. The first-order valence-electron chi connectivity index (χ1n) is 6.25. The average molecular weight is 260 g/mol. The standard InChI is InChI=1S/C14H16N2O3/c1-9(17)7-13(18)15-11-3-2-4-12(8-11)16-14(19)10-5-6-10/h2-4,8,10H,5-7H2,1H3,(H,15,18)(H,16,19). The Morgan fingerprint density at radius 3 is 2.37 bits per heavy atom. The molecule has 0 atom stereocenters. The predicted molar refractivity (Wildman–Crippen MR) is 71.7 cm³/mol. The fraction of sp³-hybridized carbons (Fsp3) is 0.357. The van der Waals surface area contributed by atoms with Gasteiger partial charge in [0.25, 0.3) is 0 Å². The number of hydrogen-bond acceptors (Lipinski definition) is 3. The maximum absolute atomic E-state index is 11.6. The Hall–Kier alpha value is -2.17. The molecule has 2 rings (SSSR count). The molecule has 1 fully saturated rings. The van der Waals surface area contributed by atoms with Crippen LogP contribution in [0.3, 0.4) is 0 Å². The van der Waals surface area contributed by atoms with Crippen LogP contribution in [0.1, 0.15) is 26.2 Å². The third kappa shape index (κ3) is 4.21. The number of Topliss-reactive ketones (excluding diaryl/α,β-unsaturated/α-hetero) is 1. The van der Waals surface area contributed by atoms with Gasteiger partial charge in [0.15, 0.2) is 0 Å². The van der Waals surface area contributed by atoms with E-state index in [2.05, 4.69) is 10.6 Å². The second kappa shape index (κ2) is 5.65. The largest absolute Gasteiger partial charge is 0.326 e. The van der Waals surface area contributed by atoms with Crippen LogP contribution in [0.25, 0.3) is 0 Å². The minimum absolute atomic E-state index is 0.0206. The van der Waals surface area contributed by atoms with Crippen LogP contribution in [0, 0.1) is 5.92 Å². The van der Waals surface area contributed by atoms with Crippen molar-refractivity contribution in [2.75, 3.05) is 10.6 Å². The third-order valence-corrected chi connectivity index (χ3v) is 2.77. The van der Waals surface area contributed by atoms with E-state index in [1.807, 2.05) is 0 Å². The Labute approximate surface area is 111 Å². The predicted octanol–water partition coefficient (Wildman–Crippen LogP) is 1.95. The van der Waals surface area contributed by atoms with Crippen LogP contribution in [0.4, 0.5) is 11.4 Å². The van der Waals surface area contributed by atoms with E-state index >= 15 is 0 Å². The lowest BCUT2D eigenvalue weighted by Gasteiger charge is -2.08. The summed E-state index contributed by atoms with van der Waals surface area (Å²) in [6.45, 7) is 1.37. The van der Waals surface area contributed by atoms with Crippen LogP contribution in [0.5, 0.6) is 0 Å². The molecule has 19 heavy (non-hydrogen) atoms. The van der Waals surface area contributed by atoms with Crippen LogP contribution in [-0.2, 0) is 14.4 Å². The molecule has 0 bridgehead atoms. The summed E-state index contributed by atoms with van der Waals surface area (Å²) in [5.41, 5.74) is 1.22. The normalized spacial score (nSPS) is 13.7. The van der Waals surface area contributed by atoms with E-state index in [9.17, 15) is 14.4 Å². The van der Waals surface area contributed by atoms with E-state index in [0.717, 1.165) is 12.8 Å². The molecule has 5 heteroatoms. The van der Waals surface area contributed by atoms with E-state index in [1.165, 1.54) is 6.92 Å². The molecule has 0 unspecified atom stereocenters. The highest BCUT2D eigenvalue weighted by atomic mass is 16.2. The highest BCUT2D eigenvalue weighted by Gasteiger charge is 2.29. The number of carbonyl (C=O) groups excluding carboxylic acids is 3. The number of anilines is 2. The van der Waals surface area contributed by atoms with E-state index in [4.69, 9.17) is 0 Å². The molecule has 1 aromatic rings. The van der Waals surface area contributed by atoms with Crippen molar-refractivity contribution in [1.29, 1.82) is 0 Å². The molecular weight excluding hydrogens is 244 g/mol. The maximum atomic E-state index is 11.6. The maximum Gasteiger partial charge on any atom is 0.231 e. The van der Waals surface area contributed by atoms with Crippen LogP contribution >= 0.6 is 0 Å². The Morgan fingerprint density at radius 2 is 1.79 bits per heavy atom. The molecule has 0 heterocycles. The molecule has 1 aromatic carbocycles. The van der Waals surface area contributed by atoms with Gasteiger partial charge in [-0.3, -0.25) is 14.4 Å². The van der Waals surface area contributed by atoms with Gasteiger partial charge in [-0.05, 0) is 38.0 Å². The van der Waals surface area contributed by atoms with Crippen molar-refractivity contribution in [1.82, 2.24) is 0 Å². The van der Waals surface area contributed by atoms with Gasteiger partial charge in [-0.1, -0.05) is 6.07 Å². The van der Waals surface area contributed by atoms with Crippen molar-refractivity contribution in [3.8, 4) is 0 Å². The van der Waals surface area contributed by atoms with Gasteiger partial charge in [-0.2, -0.15) is 0 Å². The van der Waals surface area contributed by atoms with Crippen LogP contribution in [-0.4, -0.2) is 17.6 Å². The molecule has 0 radical (unpaired) electrons. The SMILES string of the molecule is CC(=O)CC(=O)Nc1cccc(NC(=O)C2CC2)c1. The molecule has 2 N–H and O–H groups in total. The summed E-state index contributed by atoms with van der Waals surface area (Å²) in [5, 5.41) is 5.42. The Kier molecular flexibility index (Phi) is 3.94. The number of carbonyl (C=O) groups is 3. The quantitative estimate of drug-likeness (QED) is 0.794. The molecule has 0 saturated heterocycles. The summed E-state index contributed by atoms with van der Waals surface area (Å²) in [5.74, 6) is -0.378. The lowest BCUT2D eigenvalue weighted by atomic mass is 10.2. The van der Waals surface area contributed by atoms with Gasteiger partial charge < -0.3 is 10.6 Å². The Bertz CT molecular complexity index is 521. The highest BCUT2D eigenvalue weighted by Crippen LogP contribution is 2.30. The summed E-state index contributed by atoms with van der Waals surface area (Å²) in [7, 11) is 0. The zero-order valence-electron chi connectivity index (χ0n) is 10.7. The number of hydrogen-bond donors (Lipinski definition) is 2. The van der Waals surface area contributed by atoms with Gasteiger partial charge in [0.2, 0.25) is 11.8 Å². The molecule has 1 aliphatic carbocycles. The molecule has 1 aliphatic rings. The second-order valence-corrected chi connectivity index (χ2v) is 4.77. The first kappa shape index (κ1) is 13.3. The number of amides is 2. The van der Waals surface area contributed by atoms with Crippen molar-refractivity contribution in [3.63, 3.8) is 0 Å². The third-order valence-electron chi connectivity index (χ3n) is 2.77. The van der Waals surface area contributed by atoms with E-state index in [0.29, 0.717) is 11.4 Å². The van der Waals surface area contributed by atoms with E-state index < -0.39 is 0 Å². The van der Waals surface area contributed by atoms with Gasteiger partial charge >= 0.3 is 0 Å². The fourth-order valence-corrected chi connectivity index (χ4v) is 1.70. The zero-order chi connectivity index (χ0) is 13.8. The first-order valence-corrected chi connectivity index (χ1v) is 6.25. The van der Waals surface area contributed by atoms with Crippen molar-refractivity contribution in [3.05, 3.63) is 24.3 Å². The van der Waals surface area contributed by atoms with E-state index in [-0.39, 0.29) is 29.9 Å². The van der Waals surface area contributed by atoms with Crippen LogP contribution in [0.15, 0.2) is 24.3 Å². The minimum Gasteiger partial charge on any atom is -0.326 e. The number of nitrogens with one attached hydrogen (secondary N) is 2. The molecule has 0 aliphatic heterocycles. The summed E-state index contributed by atoms with van der Waals surface area (Å²) in [6, 6.07) is 6.90. The van der Waals surface area contributed by atoms with Crippen molar-refractivity contribution >= 4 is 29.0 Å². The topological polar surface area (TPSA) is 75.3 Å².